The van der Waals surface area contributed by atoms with E-state index in [0.29, 0.717) is 6.54 Å². The fourth-order valence-electron chi connectivity index (χ4n) is 2.35. The number of hydrogen-bond acceptors (Lipinski definition) is 4. The maximum atomic E-state index is 12.2. The topological polar surface area (TPSA) is 52.6 Å². The number of hydrogen-bond donors (Lipinski definition) is 1. The molecule has 0 amide bonds. The number of nitrogens with one attached hydrogen (secondary N) is 1. The highest BCUT2D eigenvalue weighted by atomic mass is 79.9. The lowest BCUT2D eigenvalue weighted by atomic mass is 10.3. The Labute approximate surface area is 145 Å². The second-order valence-corrected chi connectivity index (χ2v) is 8.53. The third kappa shape index (κ3) is 5.18. The van der Waals surface area contributed by atoms with Crippen LogP contribution in [0.5, 0.6) is 0 Å². The third-order valence-electron chi connectivity index (χ3n) is 3.72. The molecular weight excluding hydrogens is 390 g/mol. The highest BCUT2D eigenvalue weighted by Gasteiger charge is 2.18. The molecule has 0 spiro atoms. The van der Waals surface area contributed by atoms with Gasteiger partial charge in [0.2, 0.25) is 10.0 Å². The smallest absolute Gasteiger partial charge is 0.242 e. The van der Waals surface area contributed by atoms with Crippen LogP contribution >= 0.6 is 27.5 Å². The third-order valence-corrected chi connectivity index (χ3v) is 6.16. The van der Waals surface area contributed by atoms with E-state index in [2.05, 4.69) is 37.5 Å². The van der Waals surface area contributed by atoms with E-state index >= 15 is 0 Å². The average molecular weight is 411 g/mol. The lowest BCUT2D eigenvalue weighted by Crippen LogP contribution is -2.45. The number of sulfonamides is 1. The summed E-state index contributed by atoms with van der Waals surface area (Å²) in [6.07, 6.45) is 0.789. The molecule has 1 N–H and O–H groups in total. The zero-order valence-corrected chi connectivity index (χ0v) is 15.7. The SMILES string of the molecule is CN1CCN(CCCNS(=O)(=O)c2ccc(Br)cc2Cl)CC1. The first-order valence-electron chi connectivity index (χ1n) is 7.24. The monoisotopic (exact) mass is 409 g/mol. The number of piperazine rings is 1. The lowest BCUT2D eigenvalue weighted by Gasteiger charge is -2.32. The summed E-state index contributed by atoms with van der Waals surface area (Å²) >= 11 is 9.27. The molecule has 1 saturated heterocycles. The molecule has 0 bridgehead atoms. The minimum Gasteiger partial charge on any atom is -0.304 e. The Balaban J connectivity index is 1.80. The fraction of sp³-hybridized carbons (Fsp3) is 0.571. The Bertz CT molecular complexity index is 604. The first-order chi connectivity index (χ1) is 10.4. The molecule has 1 aromatic rings. The largest absolute Gasteiger partial charge is 0.304 e. The zero-order valence-electron chi connectivity index (χ0n) is 12.6. The molecule has 1 aliphatic rings. The minimum atomic E-state index is -3.55. The Morgan fingerprint density at radius 2 is 1.95 bits per heavy atom. The number of rotatable bonds is 6. The van der Waals surface area contributed by atoms with Crippen molar-refractivity contribution in [2.75, 3.05) is 46.3 Å². The van der Waals surface area contributed by atoms with Gasteiger partial charge >= 0.3 is 0 Å². The van der Waals surface area contributed by atoms with Crippen LogP contribution in [-0.2, 0) is 10.0 Å². The maximum Gasteiger partial charge on any atom is 0.242 e. The van der Waals surface area contributed by atoms with E-state index in [1.807, 2.05) is 0 Å². The molecule has 124 valence electrons. The van der Waals surface area contributed by atoms with Crippen molar-refractivity contribution in [1.82, 2.24) is 14.5 Å². The molecule has 1 heterocycles. The van der Waals surface area contributed by atoms with Crippen LogP contribution in [0.4, 0.5) is 0 Å². The summed E-state index contributed by atoms with van der Waals surface area (Å²) in [4.78, 5) is 4.78. The van der Waals surface area contributed by atoms with Crippen LogP contribution in [0.1, 0.15) is 6.42 Å². The number of halogens is 2. The maximum absolute atomic E-state index is 12.2. The van der Waals surface area contributed by atoms with Gasteiger partial charge in [-0.25, -0.2) is 13.1 Å². The van der Waals surface area contributed by atoms with Crippen molar-refractivity contribution in [3.05, 3.63) is 27.7 Å². The molecule has 0 aliphatic carbocycles. The second-order valence-electron chi connectivity index (χ2n) is 5.47. The van der Waals surface area contributed by atoms with Gasteiger partial charge in [0.05, 0.1) is 5.02 Å². The summed E-state index contributed by atoms with van der Waals surface area (Å²) in [6, 6.07) is 4.76. The Kier molecular flexibility index (Phi) is 6.67. The molecular formula is C14H21BrClN3O2S. The van der Waals surface area contributed by atoms with Crippen LogP contribution in [0.3, 0.4) is 0 Å². The van der Waals surface area contributed by atoms with Gasteiger partial charge in [-0.3, -0.25) is 0 Å². The molecule has 2 rings (SSSR count). The normalized spacial score (nSPS) is 17.8. The van der Waals surface area contributed by atoms with E-state index in [1.54, 1.807) is 12.1 Å². The van der Waals surface area contributed by atoms with Gasteiger partial charge in [0.1, 0.15) is 4.90 Å². The van der Waals surface area contributed by atoms with Gasteiger partial charge in [0.15, 0.2) is 0 Å². The summed E-state index contributed by atoms with van der Waals surface area (Å²) < 4.78 is 27.8. The van der Waals surface area contributed by atoms with Crippen molar-refractivity contribution >= 4 is 37.6 Å². The number of nitrogens with zero attached hydrogens (tertiary/aromatic N) is 2. The summed E-state index contributed by atoms with van der Waals surface area (Å²) in [5.41, 5.74) is 0. The zero-order chi connectivity index (χ0) is 16.2. The molecule has 8 heteroatoms. The van der Waals surface area contributed by atoms with Gasteiger partial charge in [-0.15, -0.1) is 0 Å². The number of likely N-dealkylation sites (N-methyl/N-ethyl adjacent to an activating group) is 1. The van der Waals surface area contributed by atoms with E-state index in [1.165, 1.54) is 6.07 Å². The van der Waals surface area contributed by atoms with Crippen molar-refractivity contribution in [2.45, 2.75) is 11.3 Å². The molecule has 1 aromatic carbocycles. The fourth-order valence-corrected chi connectivity index (χ4v) is 4.46. The molecule has 0 radical (unpaired) electrons. The van der Waals surface area contributed by atoms with Crippen molar-refractivity contribution in [3.63, 3.8) is 0 Å². The van der Waals surface area contributed by atoms with Crippen LogP contribution in [0, 0.1) is 0 Å². The molecule has 1 aliphatic heterocycles. The van der Waals surface area contributed by atoms with Crippen LogP contribution in [0.25, 0.3) is 0 Å². The van der Waals surface area contributed by atoms with Gasteiger partial charge in [-0.05, 0) is 38.2 Å². The van der Waals surface area contributed by atoms with Crippen LogP contribution < -0.4 is 4.72 Å². The van der Waals surface area contributed by atoms with Gasteiger partial charge in [-0.2, -0.15) is 0 Å². The average Bonchev–Trinajstić information content (AvgIpc) is 2.45. The summed E-state index contributed by atoms with van der Waals surface area (Å²) in [5, 5.41) is 0.223. The Hall–Kier alpha value is -0.180. The molecule has 0 atom stereocenters. The number of benzene rings is 1. The van der Waals surface area contributed by atoms with Crippen LogP contribution in [-0.4, -0.2) is 64.5 Å². The van der Waals surface area contributed by atoms with Gasteiger partial charge in [0.25, 0.3) is 0 Å². The van der Waals surface area contributed by atoms with Crippen molar-refractivity contribution in [1.29, 1.82) is 0 Å². The van der Waals surface area contributed by atoms with Gasteiger partial charge < -0.3 is 9.80 Å². The molecule has 0 saturated carbocycles. The minimum absolute atomic E-state index is 0.122. The highest BCUT2D eigenvalue weighted by molar-refractivity contribution is 9.10. The summed E-state index contributed by atoms with van der Waals surface area (Å²) in [6.45, 7) is 5.55. The second kappa shape index (κ2) is 8.08. The van der Waals surface area contributed by atoms with Crippen LogP contribution in [0.2, 0.25) is 5.02 Å². The van der Waals surface area contributed by atoms with E-state index in [9.17, 15) is 8.42 Å². The molecule has 0 aromatic heterocycles. The first-order valence-corrected chi connectivity index (χ1v) is 9.89. The lowest BCUT2D eigenvalue weighted by molar-refractivity contribution is 0.153. The van der Waals surface area contributed by atoms with E-state index in [-0.39, 0.29) is 9.92 Å². The Morgan fingerprint density at radius 1 is 1.27 bits per heavy atom. The van der Waals surface area contributed by atoms with Crippen molar-refractivity contribution in [2.24, 2.45) is 0 Å². The molecule has 0 unspecified atom stereocenters. The van der Waals surface area contributed by atoms with Crippen molar-refractivity contribution in [3.8, 4) is 0 Å². The summed E-state index contributed by atoms with van der Waals surface area (Å²) in [7, 11) is -1.43. The molecule has 1 fully saturated rings. The quantitative estimate of drug-likeness (QED) is 0.729. The molecule has 5 nitrogen and oxygen atoms in total. The highest BCUT2D eigenvalue weighted by Crippen LogP contribution is 2.24. The van der Waals surface area contributed by atoms with Crippen LogP contribution in [0.15, 0.2) is 27.6 Å². The van der Waals surface area contributed by atoms with E-state index in [0.717, 1.165) is 43.6 Å². The van der Waals surface area contributed by atoms with Gasteiger partial charge in [-0.1, -0.05) is 27.5 Å². The van der Waals surface area contributed by atoms with Gasteiger partial charge in [0, 0.05) is 37.2 Å². The molecule has 22 heavy (non-hydrogen) atoms. The van der Waals surface area contributed by atoms with E-state index in [4.69, 9.17) is 11.6 Å². The predicted octanol–water partition coefficient (Wildman–Crippen LogP) is 2.02. The predicted molar refractivity (Wildman–Crippen MR) is 92.9 cm³/mol. The Morgan fingerprint density at radius 3 is 2.59 bits per heavy atom. The summed E-state index contributed by atoms with van der Waals surface area (Å²) in [5.74, 6) is 0. The van der Waals surface area contributed by atoms with Crippen molar-refractivity contribution < 1.29 is 8.42 Å². The standard InChI is InChI=1S/C14H21BrClN3O2S/c1-18-7-9-19(10-8-18)6-2-5-17-22(20,21)14-4-3-12(15)11-13(14)16/h3-4,11,17H,2,5-10H2,1H3. The first kappa shape index (κ1) is 18.2. The van der Waals surface area contributed by atoms with E-state index < -0.39 is 10.0 Å².